The van der Waals surface area contributed by atoms with E-state index in [1.807, 2.05) is 24.3 Å². The van der Waals surface area contributed by atoms with E-state index in [0.717, 1.165) is 34.8 Å². The fourth-order valence-electron chi connectivity index (χ4n) is 2.76. The van der Waals surface area contributed by atoms with Crippen molar-refractivity contribution in [1.29, 1.82) is 0 Å². The highest BCUT2D eigenvalue weighted by molar-refractivity contribution is 7.14. The first-order valence-electron chi connectivity index (χ1n) is 7.08. The molecule has 0 fully saturated rings. The van der Waals surface area contributed by atoms with E-state index < -0.39 is 0 Å². The molecule has 0 saturated carbocycles. The van der Waals surface area contributed by atoms with Gasteiger partial charge in [0.05, 0.1) is 4.88 Å². The number of amides is 1. The number of carbonyl (C=O) groups is 1. The Morgan fingerprint density at radius 2 is 2.10 bits per heavy atom. The summed E-state index contributed by atoms with van der Waals surface area (Å²) in [6, 6.07) is 7.78. The van der Waals surface area contributed by atoms with Gasteiger partial charge in [-0.3, -0.25) is 4.79 Å². The third kappa shape index (κ3) is 2.38. The van der Waals surface area contributed by atoms with Gasteiger partial charge in [0, 0.05) is 11.4 Å². The van der Waals surface area contributed by atoms with Crippen molar-refractivity contribution in [3.63, 3.8) is 0 Å². The number of aryl methyl sites for hydroxylation is 2. The summed E-state index contributed by atoms with van der Waals surface area (Å²) in [7, 11) is 0. The quantitative estimate of drug-likeness (QED) is 0.948. The number of nitrogens with one attached hydrogen (secondary N) is 1. The molecule has 0 unspecified atom stereocenters. The molecule has 108 valence electrons. The molecule has 1 aromatic carbocycles. The van der Waals surface area contributed by atoms with E-state index >= 15 is 0 Å². The number of rotatable bonds is 3. The van der Waals surface area contributed by atoms with Crippen LogP contribution in [0.4, 0.5) is 0 Å². The molecule has 0 bridgehead atoms. The van der Waals surface area contributed by atoms with E-state index in [0.29, 0.717) is 6.54 Å². The lowest BCUT2D eigenvalue weighted by Crippen LogP contribution is -2.21. The third-order valence-corrected chi connectivity index (χ3v) is 5.10. The van der Waals surface area contributed by atoms with Crippen molar-refractivity contribution in [2.45, 2.75) is 25.8 Å². The van der Waals surface area contributed by atoms with E-state index in [9.17, 15) is 4.79 Å². The van der Waals surface area contributed by atoms with Crippen molar-refractivity contribution < 1.29 is 14.3 Å². The van der Waals surface area contributed by atoms with Gasteiger partial charge in [0.25, 0.3) is 5.91 Å². The van der Waals surface area contributed by atoms with E-state index in [2.05, 4.69) is 5.32 Å². The van der Waals surface area contributed by atoms with Crippen LogP contribution in [0.3, 0.4) is 0 Å². The minimum absolute atomic E-state index is 0.00654. The van der Waals surface area contributed by atoms with Crippen LogP contribution in [0.25, 0.3) is 0 Å². The van der Waals surface area contributed by atoms with Crippen LogP contribution in [0.2, 0.25) is 0 Å². The third-order valence-electron chi connectivity index (χ3n) is 3.86. The molecule has 1 amide bonds. The molecule has 0 spiro atoms. The SMILES string of the molecule is O=C(NCc1ccc2c(c1)OCO2)c1cc2c(s1)CCC2. The Balaban J connectivity index is 1.43. The molecular formula is C16H15NO3S. The molecule has 1 aliphatic heterocycles. The lowest BCUT2D eigenvalue weighted by molar-refractivity contribution is 0.0955. The maximum absolute atomic E-state index is 12.2. The maximum Gasteiger partial charge on any atom is 0.261 e. The number of carbonyl (C=O) groups excluding carboxylic acids is 1. The van der Waals surface area contributed by atoms with Gasteiger partial charge in [0.15, 0.2) is 11.5 Å². The molecule has 2 heterocycles. The number of hydrogen-bond donors (Lipinski definition) is 1. The molecule has 1 N–H and O–H groups in total. The summed E-state index contributed by atoms with van der Waals surface area (Å²) >= 11 is 1.63. The summed E-state index contributed by atoms with van der Waals surface area (Å²) in [5.74, 6) is 1.52. The van der Waals surface area contributed by atoms with E-state index in [1.165, 1.54) is 16.9 Å². The van der Waals surface area contributed by atoms with E-state index in [4.69, 9.17) is 9.47 Å². The van der Waals surface area contributed by atoms with Crippen molar-refractivity contribution in [3.8, 4) is 11.5 Å². The summed E-state index contributed by atoms with van der Waals surface area (Å²) in [6.45, 7) is 0.768. The number of fused-ring (bicyclic) bond motifs is 2. The summed E-state index contributed by atoms with van der Waals surface area (Å²) < 4.78 is 10.6. The van der Waals surface area contributed by atoms with Crippen LogP contribution >= 0.6 is 11.3 Å². The van der Waals surface area contributed by atoms with Gasteiger partial charge in [-0.2, -0.15) is 0 Å². The fourth-order valence-corrected chi connectivity index (χ4v) is 3.93. The molecule has 1 aromatic heterocycles. The van der Waals surface area contributed by atoms with Crippen LogP contribution in [0, 0.1) is 0 Å². The zero-order valence-electron chi connectivity index (χ0n) is 11.5. The van der Waals surface area contributed by atoms with E-state index in [1.54, 1.807) is 11.3 Å². The lowest BCUT2D eigenvalue weighted by Gasteiger charge is -2.05. The van der Waals surface area contributed by atoms with Crippen LogP contribution < -0.4 is 14.8 Å². The summed E-state index contributed by atoms with van der Waals surface area (Å²) in [6.07, 6.45) is 3.46. The van der Waals surface area contributed by atoms with Gasteiger partial charge in [-0.15, -0.1) is 11.3 Å². The average Bonchev–Trinajstić information content (AvgIpc) is 3.18. The molecule has 0 radical (unpaired) electrons. The summed E-state index contributed by atoms with van der Waals surface area (Å²) in [5, 5.41) is 2.97. The molecule has 0 saturated heterocycles. The normalized spacial score (nSPS) is 15.0. The standard InChI is InChI=1S/C16H15NO3S/c18-16(15-7-11-2-1-3-14(11)21-15)17-8-10-4-5-12-13(6-10)20-9-19-12/h4-7H,1-3,8-9H2,(H,17,18). The molecule has 4 rings (SSSR count). The average molecular weight is 301 g/mol. The summed E-state index contributed by atoms with van der Waals surface area (Å²) in [5.41, 5.74) is 2.37. The van der Waals surface area contributed by atoms with Gasteiger partial charge >= 0.3 is 0 Å². The summed E-state index contributed by atoms with van der Waals surface area (Å²) in [4.78, 5) is 14.4. The van der Waals surface area contributed by atoms with Crippen LogP contribution in [-0.2, 0) is 19.4 Å². The topological polar surface area (TPSA) is 47.6 Å². The van der Waals surface area contributed by atoms with Crippen molar-refractivity contribution >= 4 is 17.2 Å². The van der Waals surface area contributed by atoms with Crippen molar-refractivity contribution in [2.75, 3.05) is 6.79 Å². The highest BCUT2D eigenvalue weighted by atomic mass is 32.1. The van der Waals surface area contributed by atoms with Crippen LogP contribution in [0.15, 0.2) is 24.3 Å². The van der Waals surface area contributed by atoms with Gasteiger partial charge in [0.2, 0.25) is 6.79 Å². The maximum atomic E-state index is 12.2. The van der Waals surface area contributed by atoms with Crippen LogP contribution in [0.5, 0.6) is 11.5 Å². The second-order valence-corrected chi connectivity index (χ2v) is 6.42. The first kappa shape index (κ1) is 12.7. The van der Waals surface area contributed by atoms with E-state index in [-0.39, 0.29) is 12.7 Å². The largest absolute Gasteiger partial charge is 0.454 e. The lowest BCUT2D eigenvalue weighted by atomic mass is 10.2. The van der Waals surface area contributed by atoms with Crippen molar-refractivity contribution in [3.05, 3.63) is 45.1 Å². The first-order chi connectivity index (χ1) is 10.3. The molecule has 2 aromatic rings. The number of thiophene rings is 1. The number of ether oxygens (including phenoxy) is 2. The number of benzene rings is 1. The first-order valence-corrected chi connectivity index (χ1v) is 7.89. The van der Waals surface area contributed by atoms with Gasteiger partial charge in [-0.05, 0) is 48.6 Å². The van der Waals surface area contributed by atoms with Gasteiger partial charge in [0.1, 0.15) is 0 Å². The predicted molar refractivity (Wildman–Crippen MR) is 80.1 cm³/mol. The molecular weight excluding hydrogens is 286 g/mol. The van der Waals surface area contributed by atoms with Gasteiger partial charge in [-0.25, -0.2) is 0 Å². The highest BCUT2D eigenvalue weighted by Gasteiger charge is 2.18. The van der Waals surface area contributed by atoms with Gasteiger partial charge in [-0.1, -0.05) is 6.07 Å². The monoisotopic (exact) mass is 301 g/mol. The van der Waals surface area contributed by atoms with Crippen molar-refractivity contribution in [1.82, 2.24) is 5.32 Å². The Bertz CT molecular complexity index is 686. The Hall–Kier alpha value is -2.01. The zero-order valence-corrected chi connectivity index (χ0v) is 12.3. The number of hydrogen-bond acceptors (Lipinski definition) is 4. The predicted octanol–water partition coefficient (Wildman–Crippen LogP) is 2.90. The van der Waals surface area contributed by atoms with Gasteiger partial charge < -0.3 is 14.8 Å². The highest BCUT2D eigenvalue weighted by Crippen LogP contribution is 2.33. The second kappa shape index (κ2) is 5.07. The van der Waals surface area contributed by atoms with Crippen molar-refractivity contribution in [2.24, 2.45) is 0 Å². The molecule has 2 aliphatic rings. The Morgan fingerprint density at radius 1 is 1.19 bits per heavy atom. The second-order valence-electron chi connectivity index (χ2n) is 5.28. The smallest absolute Gasteiger partial charge is 0.261 e. The zero-order chi connectivity index (χ0) is 14.2. The molecule has 4 nitrogen and oxygen atoms in total. The van der Waals surface area contributed by atoms with Crippen LogP contribution in [0.1, 0.15) is 32.1 Å². The molecule has 5 heteroatoms. The fraction of sp³-hybridized carbons (Fsp3) is 0.312. The Labute approximate surface area is 126 Å². The minimum atomic E-state index is 0.00654. The van der Waals surface area contributed by atoms with Crippen LogP contribution in [-0.4, -0.2) is 12.7 Å². The Kier molecular flexibility index (Phi) is 3.07. The molecule has 0 atom stereocenters. The molecule has 21 heavy (non-hydrogen) atoms. The Morgan fingerprint density at radius 3 is 3.00 bits per heavy atom. The minimum Gasteiger partial charge on any atom is -0.454 e. The molecule has 1 aliphatic carbocycles.